The van der Waals surface area contributed by atoms with Crippen LogP contribution in [0.3, 0.4) is 0 Å². The Hall–Kier alpha value is -1.07. The Morgan fingerprint density at radius 3 is 2.89 bits per heavy atom. The molecule has 0 radical (unpaired) electrons. The van der Waals surface area contributed by atoms with Crippen LogP contribution in [-0.4, -0.2) is 19.1 Å². The van der Waals surface area contributed by atoms with E-state index < -0.39 is 0 Å². The summed E-state index contributed by atoms with van der Waals surface area (Å²) in [5.74, 6) is 0.432. The zero-order valence-corrected chi connectivity index (χ0v) is 12.3. The molecule has 1 amide bonds. The summed E-state index contributed by atoms with van der Waals surface area (Å²) in [6.07, 6.45) is 0.227. The van der Waals surface area contributed by atoms with Gasteiger partial charge in [-0.25, -0.2) is 0 Å². The molecule has 3 N–H and O–H groups in total. The van der Waals surface area contributed by atoms with Crippen molar-refractivity contribution in [1.82, 2.24) is 5.32 Å². The Morgan fingerprint density at radius 1 is 1.56 bits per heavy atom. The predicted octanol–water partition coefficient (Wildman–Crippen LogP) is 2.37. The number of carbonyl (C=O) groups is 1. The van der Waals surface area contributed by atoms with Gasteiger partial charge in [0, 0.05) is 16.1 Å². The number of benzene rings is 1. The molecule has 4 nitrogen and oxygen atoms in total. The fourth-order valence-corrected chi connectivity index (χ4v) is 2.05. The lowest BCUT2D eigenvalue weighted by molar-refractivity contribution is -0.118. The minimum absolute atomic E-state index is 0.191. The molecule has 1 aromatic rings. The van der Waals surface area contributed by atoms with E-state index >= 15 is 0 Å². The lowest BCUT2D eigenvalue weighted by Crippen LogP contribution is -2.19. The topological polar surface area (TPSA) is 64.3 Å². The highest BCUT2D eigenvalue weighted by Gasteiger charge is 2.11. The number of hydrogen-bond donors (Lipinski definition) is 2. The van der Waals surface area contributed by atoms with Crippen LogP contribution in [0.2, 0.25) is 0 Å². The molecule has 0 saturated heterocycles. The van der Waals surface area contributed by atoms with Crippen LogP contribution in [0.4, 0.5) is 0 Å². The van der Waals surface area contributed by atoms with E-state index in [0.717, 1.165) is 22.3 Å². The van der Waals surface area contributed by atoms with E-state index in [1.165, 1.54) is 0 Å². The van der Waals surface area contributed by atoms with Gasteiger partial charge in [-0.3, -0.25) is 4.79 Å². The highest BCUT2D eigenvalue weighted by Crippen LogP contribution is 2.28. The van der Waals surface area contributed by atoms with Crippen molar-refractivity contribution in [2.24, 2.45) is 5.73 Å². The first-order valence-corrected chi connectivity index (χ1v) is 6.77. The second-order valence-electron chi connectivity index (χ2n) is 4.03. The molecular weight excluding hydrogens is 296 g/mol. The molecule has 0 bridgehead atoms. The molecule has 0 aromatic heterocycles. The van der Waals surface area contributed by atoms with Gasteiger partial charge in [-0.05, 0) is 31.7 Å². The van der Waals surface area contributed by atoms with Gasteiger partial charge >= 0.3 is 0 Å². The summed E-state index contributed by atoms with van der Waals surface area (Å²) in [6, 6.07) is 6.03. The average Bonchev–Trinajstić information content (AvgIpc) is 2.31. The number of nitrogens with one attached hydrogen (secondary N) is 1. The van der Waals surface area contributed by atoms with Gasteiger partial charge < -0.3 is 15.8 Å². The second-order valence-corrected chi connectivity index (χ2v) is 4.94. The van der Waals surface area contributed by atoms with E-state index in [9.17, 15) is 4.79 Å². The molecule has 1 atom stereocenters. The smallest absolute Gasteiger partial charge is 0.220 e. The predicted molar refractivity (Wildman–Crippen MR) is 75.5 cm³/mol. The molecule has 1 rings (SSSR count). The maximum Gasteiger partial charge on any atom is 0.220 e. The number of carbonyl (C=O) groups excluding carboxylic acids is 1. The van der Waals surface area contributed by atoms with Crippen LogP contribution in [-0.2, 0) is 4.79 Å². The maximum atomic E-state index is 10.7. The third kappa shape index (κ3) is 4.66. The molecule has 1 aromatic carbocycles. The van der Waals surface area contributed by atoms with Crippen LogP contribution in [0.15, 0.2) is 22.7 Å². The van der Waals surface area contributed by atoms with Crippen LogP contribution in [0, 0.1) is 0 Å². The number of amides is 1. The van der Waals surface area contributed by atoms with Crippen LogP contribution in [0.5, 0.6) is 5.75 Å². The van der Waals surface area contributed by atoms with Gasteiger partial charge in [-0.1, -0.05) is 22.9 Å². The molecular formula is C13H19BrN2O2. The standard InChI is InChI=1S/C13H19BrN2O2/c1-3-16-9(2)11-8-10(14)4-5-12(11)18-7-6-13(15)17/h4-5,8-9,16H,3,6-7H2,1-2H3,(H2,15,17). The van der Waals surface area contributed by atoms with Gasteiger partial charge in [-0.15, -0.1) is 0 Å². The summed E-state index contributed by atoms with van der Waals surface area (Å²) in [5, 5.41) is 3.34. The summed E-state index contributed by atoms with van der Waals surface area (Å²) >= 11 is 3.45. The molecule has 0 aliphatic carbocycles. The van der Waals surface area contributed by atoms with Crippen molar-refractivity contribution in [1.29, 1.82) is 0 Å². The van der Waals surface area contributed by atoms with Crippen LogP contribution >= 0.6 is 15.9 Å². The average molecular weight is 315 g/mol. The van der Waals surface area contributed by atoms with Crippen LogP contribution in [0.25, 0.3) is 0 Å². The fraction of sp³-hybridized carbons (Fsp3) is 0.462. The number of rotatable bonds is 7. The van der Waals surface area contributed by atoms with Gasteiger partial charge in [0.2, 0.25) is 5.91 Å². The molecule has 1 unspecified atom stereocenters. The van der Waals surface area contributed by atoms with Crippen molar-refractivity contribution in [2.75, 3.05) is 13.2 Å². The molecule has 0 fully saturated rings. The van der Waals surface area contributed by atoms with Crippen molar-refractivity contribution >= 4 is 21.8 Å². The molecule has 0 spiro atoms. The van der Waals surface area contributed by atoms with Crippen LogP contribution < -0.4 is 15.8 Å². The molecule has 18 heavy (non-hydrogen) atoms. The quantitative estimate of drug-likeness (QED) is 0.812. The highest BCUT2D eigenvalue weighted by atomic mass is 79.9. The zero-order valence-electron chi connectivity index (χ0n) is 10.7. The fourth-order valence-electron chi connectivity index (χ4n) is 1.67. The largest absolute Gasteiger partial charge is 0.493 e. The Morgan fingerprint density at radius 2 is 2.28 bits per heavy atom. The molecule has 0 saturated carbocycles. The Labute approximate surface area is 116 Å². The first kappa shape index (κ1) is 15.0. The molecule has 5 heteroatoms. The SMILES string of the molecule is CCNC(C)c1cc(Br)ccc1OCCC(N)=O. The number of hydrogen-bond acceptors (Lipinski definition) is 3. The van der Waals surface area contributed by atoms with Crippen molar-refractivity contribution in [3.8, 4) is 5.75 Å². The van der Waals surface area contributed by atoms with Crippen LogP contribution in [0.1, 0.15) is 31.9 Å². The zero-order chi connectivity index (χ0) is 13.5. The maximum absolute atomic E-state index is 10.7. The summed E-state index contributed by atoms with van der Waals surface area (Å²) in [6.45, 7) is 5.32. The number of nitrogens with two attached hydrogens (primary N) is 1. The summed E-state index contributed by atoms with van der Waals surface area (Å²) in [7, 11) is 0. The summed E-state index contributed by atoms with van der Waals surface area (Å²) in [4.78, 5) is 10.7. The first-order chi connectivity index (χ1) is 8.54. The Kier molecular flexibility index (Phi) is 6.15. The van der Waals surface area contributed by atoms with Gasteiger partial charge in [-0.2, -0.15) is 0 Å². The third-order valence-electron chi connectivity index (χ3n) is 2.55. The monoisotopic (exact) mass is 314 g/mol. The van der Waals surface area contributed by atoms with Gasteiger partial charge in [0.1, 0.15) is 5.75 Å². The number of primary amides is 1. The van der Waals surface area contributed by atoms with E-state index in [1.54, 1.807) is 0 Å². The summed E-state index contributed by atoms with van der Waals surface area (Å²) < 4.78 is 6.61. The Bertz CT molecular complexity index is 410. The Balaban J connectivity index is 2.79. The minimum Gasteiger partial charge on any atom is -0.493 e. The van der Waals surface area contributed by atoms with E-state index in [-0.39, 0.29) is 18.4 Å². The first-order valence-electron chi connectivity index (χ1n) is 5.98. The minimum atomic E-state index is -0.353. The summed E-state index contributed by atoms with van der Waals surface area (Å²) in [5.41, 5.74) is 6.15. The third-order valence-corrected chi connectivity index (χ3v) is 3.05. The van der Waals surface area contributed by atoms with Crippen molar-refractivity contribution < 1.29 is 9.53 Å². The van der Waals surface area contributed by atoms with Crippen molar-refractivity contribution in [2.45, 2.75) is 26.3 Å². The van der Waals surface area contributed by atoms with Gasteiger partial charge in [0.25, 0.3) is 0 Å². The highest BCUT2D eigenvalue weighted by molar-refractivity contribution is 9.10. The molecule has 0 aliphatic rings. The molecule has 0 aliphatic heterocycles. The number of halogens is 1. The second kappa shape index (κ2) is 7.38. The van der Waals surface area contributed by atoms with E-state index in [0.29, 0.717) is 6.61 Å². The molecule has 100 valence electrons. The van der Waals surface area contributed by atoms with Crippen molar-refractivity contribution in [3.05, 3.63) is 28.2 Å². The van der Waals surface area contributed by atoms with E-state index in [2.05, 4.69) is 35.1 Å². The normalized spacial score (nSPS) is 12.2. The number of ether oxygens (including phenoxy) is 1. The molecule has 0 heterocycles. The van der Waals surface area contributed by atoms with Crippen molar-refractivity contribution in [3.63, 3.8) is 0 Å². The van der Waals surface area contributed by atoms with E-state index in [4.69, 9.17) is 10.5 Å². The lowest BCUT2D eigenvalue weighted by Gasteiger charge is -2.18. The lowest BCUT2D eigenvalue weighted by atomic mass is 10.1. The van der Waals surface area contributed by atoms with Gasteiger partial charge in [0.15, 0.2) is 0 Å². The van der Waals surface area contributed by atoms with Gasteiger partial charge in [0.05, 0.1) is 13.0 Å². The van der Waals surface area contributed by atoms with E-state index in [1.807, 2.05) is 18.2 Å².